The SMILES string of the molecule is O=C(Nc1ccc(F)c(NC(=O)C2CCCCC2)c1)C1CCNC1. The quantitative estimate of drug-likeness (QED) is 0.793. The summed E-state index contributed by atoms with van der Waals surface area (Å²) in [4.78, 5) is 24.4. The Morgan fingerprint density at radius 1 is 1.00 bits per heavy atom. The number of nitrogens with one attached hydrogen (secondary N) is 3. The van der Waals surface area contributed by atoms with Gasteiger partial charge in [0.1, 0.15) is 5.82 Å². The summed E-state index contributed by atoms with van der Waals surface area (Å²) in [6, 6.07) is 4.29. The van der Waals surface area contributed by atoms with Crippen LogP contribution in [0.5, 0.6) is 0 Å². The van der Waals surface area contributed by atoms with Crippen LogP contribution in [0, 0.1) is 17.7 Å². The van der Waals surface area contributed by atoms with Gasteiger partial charge in [0.2, 0.25) is 11.8 Å². The average Bonchev–Trinajstić information content (AvgIpc) is 3.13. The molecule has 3 rings (SSSR count). The molecule has 5 nitrogen and oxygen atoms in total. The van der Waals surface area contributed by atoms with Gasteiger partial charge in [-0.1, -0.05) is 19.3 Å². The highest BCUT2D eigenvalue weighted by atomic mass is 19.1. The number of amides is 2. The second-order valence-corrected chi connectivity index (χ2v) is 6.70. The van der Waals surface area contributed by atoms with Crippen LogP contribution in [0.1, 0.15) is 38.5 Å². The molecule has 1 aliphatic heterocycles. The van der Waals surface area contributed by atoms with Gasteiger partial charge in [-0.2, -0.15) is 0 Å². The Morgan fingerprint density at radius 2 is 1.75 bits per heavy atom. The summed E-state index contributed by atoms with van der Waals surface area (Å²) in [6.45, 7) is 1.50. The van der Waals surface area contributed by atoms with Crippen molar-refractivity contribution in [1.82, 2.24) is 5.32 Å². The summed E-state index contributed by atoms with van der Waals surface area (Å²) >= 11 is 0. The van der Waals surface area contributed by atoms with E-state index in [0.717, 1.165) is 45.1 Å². The molecule has 0 radical (unpaired) electrons. The van der Waals surface area contributed by atoms with E-state index < -0.39 is 5.82 Å². The van der Waals surface area contributed by atoms with Crippen molar-refractivity contribution in [1.29, 1.82) is 0 Å². The summed E-state index contributed by atoms with van der Waals surface area (Å²) in [6.07, 6.45) is 5.78. The smallest absolute Gasteiger partial charge is 0.228 e. The van der Waals surface area contributed by atoms with E-state index in [1.807, 2.05) is 0 Å². The predicted octanol–water partition coefficient (Wildman–Crippen LogP) is 2.89. The molecule has 2 aliphatic rings. The van der Waals surface area contributed by atoms with Crippen LogP contribution in [0.15, 0.2) is 18.2 Å². The second kappa shape index (κ2) is 7.75. The Bertz CT molecular complexity index is 608. The van der Waals surface area contributed by atoms with E-state index in [1.165, 1.54) is 18.2 Å². The van der Waals surface area contributed by atoms with Gasteiger partial charge in [-0.05, 0) is 44.0 Å². The van der Waals surface area contributed by atoms with Crippen molar-refractivity contribution in [3.05, 3.63) is 24.0 Å². The fraction of sp³-hybridized carbons (Fsp3) is 0.556. The lowest BCUT2D eigenvalue weighted by atomic mass is 9.88. The molecule has 6 heteroatoms. The Morgan fingerprint density at radius 3 is 2.46 bits per heavy atom. The number of carbonyl (C=O) groups is 2. The summed E-state index contributed by atoms with van der Waals surface area (Å²) in [5, 5.41) is 8.64. The van der Waals surface area contributed by atoms with Gasteiger partial charge in [0.05, 0.1) is 11.6 Å². The molecule has 1 atom stereocenters. The number of benzene rings is 1. The molecule has 1 unspecified atom stereocenters. The van der Waals surface area contributed by atoms with Crippen molar-refractivity contribution in [3.63, 3.8) is 0 Å². The summed E-state index contributed by atoms with van der Waals surface area (Å²) in [5.74, 6) is -0.788. The fourth-order valence-corrected chi connectivity index (χ4v) is 3.42. The average molecular weight is 333 g/mol. The minimum absolute atomic E-state index is 0.0408. The predicted molar refractivity (Wildman–Crippen MR) is 91.2 cm³/mol. The van der Waals surface area contributed by atoms with Crippen LogP contribution in [-0.2, 0) is 9.59 Å². The minimum atomic E-state index is -0.486. The maximum absolute atomic E-state index is 14.0. The summed E-state index contributed by atoms with van der Waals surface area (Å²) in [5.41, 5.74) is 0.639. The first kappa shape index (κ1) is 16.9. The third-order valence-electron chi connectivity index (χ3n) is 4.90. The van der Waals surface area contributed by atoms with E-state index in [1.54, 1.807) is 0 Å². The molecular weight excluding hydrogens is 309 g/mol. The highest BCUT2D eigenvalue weighted by molar-refractivity contribution is 5.96. The van der Waals surface area contributed by atoms with Crippen molar-refractivity contribution in [3.8, 4) is 0 Å². The lowest BCUT2D eigenvalue weighted by Crippen LogP contribution is -2.26. The van der Waals surface area contributed by atoms with Crippen molar-refractivity contribution in [2.75, 3.05) is 23.7 Å². The van der Waals surface area contributed by atoms with Crippen molar-refractivity contribution >= 4 is 23.2 Å². The van der Waals surface area contributed by atoms with Gasteiger partial charge >= 0.3 is 0 Å². The molecule has 1 saturated carbocycles. The van der Waals surface area contributed by atoms with E-state index >= 15 is 0 Å². The van der Waals surface area contributed by atoms with Crippen LogP contribution in [0.3, 0.4) is 0 Å². The first-order valence-electron chi connectivity index (χ1n) is 8.75. The van der Waals surface area contributed by atoms with E-state index in [0.29, 0.717) is 12.2 Å². The molecule has 1 aromatic rings. The normalized spacial score (nSPS) is 21.5. The lowest BCUT2D eigenvalue weighted by Gasteiger charge is -2.21. The monoisotopic (exact) mass is 333 g/mol. The van der Waals surface area contributed by atoms with E-state index in [2.05, 4.69) is 16.0 Å². The van der Waals surface area contributed by atoms with Crippen LogP contribution in [-0.4, -0.2) is 24.9 Å². The number of carbonyl (C=O) groups excluding carboxylic acids is 2. The minimum Gasteiger partial charge on any atom is -0.326 e. The van der Waals surface area contributed by atoms with Gasteiger partial charge in [-0.25, -0.2) is 4.39 Å². The topological polar surface area (TPSA) is 70.2 Å². The number of hydrogen-bond donors (Lipinski definition) is 3. The van der Waals surface area contributed by atoms with Gasteiger partial charge < -0.3 is 16.0 Å². The summed E-state index contributed by atoms with van der Waals surface area (Å²) in [7, 11) is 0. The van der Waals surface area contributed by atoms with Crippen LogP contribution in [0.25, 0.3) is 0 Å². The molecule has 24 heavy (non-hydrogen) atoms. The maximum atomic E-state index is 14.0. The number of rotatable bonds is 4. The van der Waals surface area contributed by atoms with Crippen molar-refractivity contribution in [2.24, 2.45) is 11.8 Å². The zero-order valence-corrected chi connectivity index (χ0v) is 13.7. The van der Waals surface area contributed by atoms with Crippen molar-refractivity contribution in [2.45, 2.75) is 38.5 Å². The van der Waals surface area contributed by atoms with E-state index in [4.69, 9.17) is 0 Å². The highest BCUT2D eigenvalue weighted by Gasteiger charge is 2.24. The fourth-order valence-electron chi connectivity index (χ4n) is 3.42. The number of halogens is 1. The molecule has 1 aromatic carbocycles. The van der Waals surface area contributed by atoms with Gasteiger partial charge in [-0.3, -0.25) is 9.59 Å². The van der Waals surface area contributed by atoms with Gasteiger partial charge in [0.15, 0.2) is 0 Å². The Hall–Kier alpha value is -1.95. The summed E-state index contributed by atoms with van der Waals surface area (Å²) < 4.78 is 14.0. The Labute approximate surface area is 141 Å². The maximum Gasteiger partial charge on any atom is 0.228 e. The zero-order chi connectivity index (χ0) is 16.9. The highest BCUT2D eigenvalue weighted by Crippen LogP contribution is 2.27. The van der Waals surface area contributed by atoms with Gasteiger partial charge in [0, 0.05) is 18.2 Å². The Kier molecular flexibility index (Phi) is 5.45. The largest absolute Gasteiger partial charge is 0.326 e. The molecule has 2 amide bonds. The molecule has 2 fully saturated rings. The molecular formula is C18H24FN3O2. The molecule has 0 aromatic heterocycles. The van der Waals surface area contributed by atoms with E-state index in [9.17, 15) is 14.0 Å². The molecule has 130 valence electrons. The van der Waals surface area contributed by atoms with Gasteiger partial charge in [-0.15, -0.1) is 0 Å². The van der Waals surface area contributed by atoms with Crippen LogP contribution in [0.4, 0.5) is 15.8 Å². The molecule has 1 aliphatic carbocycles. The first-order chi connectivity index (χ1) is 11.6. The number of anilines is 2. The number of hydrogen-bond acceptors (Lipinski definition) is 3. The molecule has 1 heterocycles. The Balaban J connectivity index is 1.64. The zero-order valence-electron chi connectivity index (χ0n) is 13.7. The van der Waals surface area contributed by atoms with E-state index in [-0.39, 0.29) is 29.3 Å². The molecule has 0 bridgehead atoms. The van der Waals surface area contributed by atoms with Crippen molar-refractivity contribution < 1.29 is 14.0 Å². The standard InChI is InChI=1S/C18H24FN3O2/c19-15-7-6-14(21-18(24)13-8-9-20-11-13)10-16(15)22-17(23)12-4-2-1-3-5-12/h6-7,10,12-13,20H,1-5,8-9,11H2,(H,21,24)(H,22,23). The molecule has 3 N–H and O–H groups in total. The van der Waals surface area contributed by atoms with Crippen LogP contribution >= 0.6 is 0 Å². The molecule has 0 spiro atoms. The second-order valence-electron chi connectivity index (χ2n) is 6.70. The van der Waals surface area contributed by atoms with Crippen LogP contribution in [0.2, 0.25) is 0 Å². The third-order valence-corrected chi connectivity index (χ3v) is 4.90. The van der Waals surface area contributed by atoms with Crippen LogP contribution < -0.4 is 16.0 Å². The first-order valence-corrected chi connectivity index (χ1v) is 8.75. The lowest BCUT2D eigenvalue weighted by molar-refractivity contribution is -0.121. The third kappa shape index (κ3) is 4.12. The van der Waals surface area contributed by atoms with Gasteiger partial charge in [0.25, 0.3) is 0 Å². The molecule has 1 saturated heterocycles.